The van der Waals surface area contributed by atoms with Crippen molar-refractivity contribution in [3.8, 4) is 0 Å². The van der Waals surface area contributed by atoms with Crippen molar-refractivity contribution in [1.29, 1.82) is 0 Å². The number of hydrogen-bond donors (Lipinski definition) is 3. The van der Waals surface area contributed by atoms with Crippen molar-refractivity contribution in [3.05, 3.63) is 47.7 Å². The molecule has 1 aromatic carbocycles. The highest BCUT2D eigenvalue weighted by Crippen LogP contribution is 2.23. The Morgan fingerprint density at radius 3 is 2.57 bits per heavy atom. The van der Waals surface area contributed by atoms with Gasteiger partial charge < -0.3 is 15.8 Å². The van der Waals surface area contributed by atoms with E-state index in [1.165, 1.54) is 18.5 Å². The van der Waals surface area contributed by atoms with Crippen LogP contribution in [0.3, 0.4) is 0 Å². The zero-order valence-electron chi connectivity index (χ0n) is 12.8. The summed E-state index contributed by atoms with van der Waals surface area (Å²) in [6.45, 7) is 2.44. The molecular weight excluding hydrogens is 316 g/mol. The minimum absolute atomic E-state index is 0.239. The Morgan fingerprint density at radius 1 is 1.30 bits per heavy atom. The minimum atomic E-state index is -0.770. The van der Waals surface area contributed by atoms with E-state index in [0.717, 1.165) is 18.7 Å². The molecule has 23 heavy (non-hydrogen) atoms. The molecule has 0 amide bonds. The number of carbonyl (C=O) groups is 1. The third kappa shape index (κ3) is 6.30. The molecule has 1 saturated heterocycles. The number of rotatable bonds is 3. The molecule has 4 N–H and O–H groups in total. The highest BCUT2D eigenvalue weighted by Gasteiger charge is 2.16. The highest BCUT2D eigenvalue weighted by atomic mass is 35.5. The molecule has 2 aromatic rings. The summed E-state index contributed by atoms with van der Waals surface area (Å²) in [4.78, 5) is 10.2. The third-order valence-corrected chi connectivity index (χ3v) is 3.70. The Hall–Kier alpha value is -2.05. The molecule has 1 fully saturated rings. The second-order valence-corrected chi connectivity index (χ2v) is 5.59. The van der Waals surface area contributed by atoms with Crippen molar-refractivity contribution < 1.29 is 9.53 Å². The van der Waals surface area contributed by atoms with Crippen LogP contribution in [0.1, 0.15) is 30.0 Å². The van der Waals surface area contributed by atoms with Gasteiger partial charge in [0.1, 0.15) is 12.4 Å². The van der Waals surface area contributed by atoms with Crippen LogP contribution in [0, 0.1) is 0 Å². The van der Waals surface area contributed by atoms with Gasteiger partial charge >= 0.3 is 5.43 Å². The molecule has 124 valence electrons. The predicted molar refractivity (Wildman–Crippen MR) is 90.3 cm³/mol. The first-order chi connectivity index (χ1) is 11.1. The lowest BCUT2D eigenvalue weighted by atomic mass is 9.95. The van der Waals surface area contributed by atoms with Gasteiger partial charge in [0, 0.05) is 29.3 Å². The van der Waals surface area contributed by atoms with Gasteiger partial charge in [-0.1, -0.05) is 30.3 Å². The maximum Gasteiger partial charge on any atom is 0.404 e. The number of ether oxygens (including phenoxy) is 1. The maximum atomic E-state index is 10.2. The van der Waals surface area contributed by atoms with Gasteiger partial charge in [-0.3, -0.25) is 5.10 Å². The van der Waals surface area contributed by atoms with E-state index in [4.69, 9.17) is 17.3 Å². The van der Waals surface area contributed by atoms with Crippen molar-refractivity contribution in [2.75, 3.05) is 18.8 Å². The summed E-state index contributed by atoms with van der Waals surface area (Å²) < 4.78 is 4.55. The Kier molecular flexibility index (Phi) is 6.90. The van der Waals surface area contributed by atoms with Crippen LogP contribution >= 0.6 is 11.6 Å². The van der Waals surface area contributed by atoms with Crippen LogP contribution in [0.4, 0.5) is 10.6 Å². The predicted octanol–water partition coefficient (Wildman–Crippen LogP) is 3.02. The highest BCUT2D eigenvalue weighted by molar-refractivity contribution is 6.61. The van der Waals surface area contributed by atoms with Crippen molar-refractivity contribution >= 4 is 22.8 Å². The fourth-order valence-corrected chi connectivity index (χ4v) is 2.46. The van der Waals surface area contributed by atoms with E-state index in [1.807, 2.05) is 36.4 Å². The number of aromatic amines is 1. The van der Waals surface area contributed by atoms with Gasteiger partial charge in [-0.25, -0.2) is 4.79 Å². The lowest BCUT2D eigenvalue weighted by Gasteiger charge is -2.20. The average Bonchev–Trinajstić information content (AvgIpc) is 3.02. The molecule has 1 aromatic heterocycles. The Balaban J connectivity index is 0.000000168. The molecule has 3 rings (SSSR count). The Labute approximate surface area is 140 Å². The van der Waals surface area contributed by atoms with Crippen molar-refractivity contribution in [2.24, 2.45) is 0 Å². The molecule has 0 atom stereocenters. The normalized spacial score (nSPS) is 14.7. The standard InChI is InChI=1S/C8H7ClO2.C8H14N4/c9-8(10)11-6-7-4-2-1-3-5-7;9-8-5-7(11-12-8)6-1-3-10-4-2-6/h1-5H,6H2;5-6,10H,1-4H2,(H3,9,11,12). The summed E-state index contributed by atoms with van der Waals surface area (Å²) in [7, 11) is 0. The lowest BCUT2D eigenvalue weighted by molar-refractivity contribution is 0.167. The number of halogens is 1. The van der Waals surface area contributed by atoms with E-state index in [-0.39, 0.29) is 6.61 Å². The van der Waals surface area contributed by atoms with Crippen molar-refractivity contribution in [2.45, 2.75) is 25.4 Å². The molecular formula is C16H21ClN4O2. The summed E-state index contributed by atoms with van der Waals surface area (Å²) in [6, 6.07) is 11.3. The number of aromatic nitrogens is 2. The van der Waals surface area contributed by atoms with E-state index < -0.39 is 5.43 Å². The molecule has 0 bridgehead atoms. The van der Waals surface area contributed by atoms with Crippen LogP contribution in [0.5, 0.6) is 0 Å². The average molecular weight is 337 g/mol. The van der Waals surface area contributed by atoms with Gasteiger partial charge in [0.05, 0.1) is 0 Å². The van der Waals surface area contributed by atoms with Crippen LogP contribution in [0.2, 0.25) is 0 Å². The number of H-pyrrole nitrogens is 1. The molecule has 2 heterocycles. The summed E-state index contributed by atoms with van der Waals surface area (Å²) in [5, 5.41) is 10.2. The number of nitrogens with zero attached hydrogens (tertiary/aromatic N) is 1. The topological polar surface area (TPSA) is 93.0 Å². The van der Waals surface area contributed by atoms with Gasteiger partial charge in [0.15, 0.2) is 0 Å². The number of nitrogens with one attached hydrogen (secondary N) is 2. The summed E-state index contributed by atoms with van der Waals surface area (Å²) in [5.74, 6) is 1.22. The van der Waals surface area contributed by atoms with Gasteiger partial charge in [0.2, 0.25) is 0 Å². The third-order valence-electron chi connectivity index (χ3n) is 3.59. The monoisotopic (exact) mass is 336 g/mol. The smallest absolute Gasteiger partial charge is 0.404 e. The molecule has 0 radical (unpaired) electrons. The van der Waals surface area contributed by atoms with E-state index in [0.29, 0.717) is 11.7 Å². The number of nitrogen functional groups attached to an aromatic ring is 1. The Bertz CT molecular complexity index is 597. The first kappa shape index (κ1) is 17.3. The van der Waals surface area contributed by atoms with Gasteiger partial charge in [0.25, 0.3) is 0 Å². The zero-order valence-corrected chi connectivity index (χ0v) is 13.6. The van der Waals surface area contributed by atoms with Crippen LogP contribution in [0.15, 0.2) is 36.4 Å². The van der Waals surface area contributed by atoms with Crippen LogP contribution < -0.4 is 11.1 Å². The number of piperidine rings is 1. The Morgan fingerprint density at radius 2 is 2.00 bits per heavy atom. The minimum Gasteiger partial charge on any atom is -0.449 e. The molecule has 6 nitrogen and oxygen atoms in total. The molecule has 0 unspecified atom stereocenters. The van der Waals surface area contributed by atoms with Crippen LogP contribution in [0.25, 0.3) is 0 Å². The summed E-state index contributed by atoms with van der Waals surface area (Å²) >= 11 is 4.97. The molecule has 1 aliphatic heterocycles. The van der Waals surface area contributed by atoms with E-state index in [1.54, 1.807) is 0 Å². The molecule has 1 aliphatic rings. The van der Waals surface area contributed by atoms with Gasteiger partial charge in [-0.05, 0) is 31.5 Å². The summed E-state index contributed by atoms with van der Waals surface area (Å²) in [6.07, 6.45) is 2.36. The zero-order chi connectivity index (χ0) is 16.5. The molecule has 0 aliphatic carbocycles. The van der Waals surface area contributed by atoms with Crippen LogP contribution in [-0.2, 0) is 11.3 Å². The molecule has 0 saturated carbocycles. The number of benzene rings is 1. The summed E-state index contributed by atoms with van der Waals surface area (Å²) in [5.41, 5.74) is 6.88. The molecule has 0 spiro atoms. The number of carbonyl (C=O) groups excluding carboxylic acids is 1. The lowest BCUT2D eigenvalue weighted by Crippen LogP contribution is -2.26. The second kappa shape index (κ2) is 9.17. The van der Waals surface area contributed by atoms with E-state index >= 15 is 0 Å². The van der Waals surface area contributed by atoms with E-state index in [2.05, 4.69) is 20.3 Å². The van der Waals surface area contributed by atoms with Crippen molar-refractivity contribution in [1.82, 2.24) is 15.5 Å². The second-order valence-electron chi connectivity index (χ2n) is 5.28. The maximum absolute atomic E-state index is 10.2. The quantitative estimate of drug-likeness (QED) is 0.749. The number of anilines is 1. The fourth-order valence-electron chi connectivity index (χ4n) is 2.41. The fraction of sp³-hybridized carbons (Fsp3) is 0.375. The largest absolute Gasteiger partial charge is 0.449 e. The SMILES string of the molecule is Nc1cc(C2CCNCC2)[nH]n1.O=C(Cl)OCc1ccccc1. The van der Waals surface area contributed by atoms with E-state index in [9.17, 15) is 4.79 Å². The van der Waals surface area contributed by atoms with Crippen LogP contribution in [-0.4, -0.2) is 28.7 Å². The van der Waals surface area contributed by atoms with Crippen molar-refractivity contribution in [3.63, 3.8) is 0 Å². The van der Waals surface area contributed by atoms with Gasteiger partial charge in [-0.2, -0.15) is 5.10 Å². The first-order valence-corrected chi connectivity index (χ1v) is 7.90. The first-order valence-electron chi connectivity index (χ1n) is 7.53. The molecule has 7 heteroatoms. The number of nitrogens with two attached hydrogens (primary N) is 1. The van der Waals surface area contributed by atoms with Gasteiger partial charge in [-0.15, -0.1) is 0 Å². The number of hydrogen-bond acceptors (Lipinski definition) is 5.